The zero-order chi connectivity index (χ0) is 18.2. The fourth-order valence-electron chi connectivity index (χ4n) is 3.77. The van der Waals surface area contributed by atoms with Crippen LogP contribution in [0.25, 0.3) is 22.4 Å². The maximum atomic E-state index is 5.44. The number of hydrogen-bond acceptors (Lipinski definition) is 6. The van der Waals surface area contributed by atoms with E-state index in [4.69, 9.17) is 4.74 Å². The third-order valence-electron chi connectivity index (χ3n) is 5.29. The molecule has 1 aliphatic rings. The highest BCUT2D eigenvalue weighted by atomic mass is 16.5. The van der Waals surface area contributed by atoms with E-state index in [-0.39, 0.29) is 0 Å². The number of rotatable bonds is 4. The molecule has 1 saturated carbocycles. The normalized spacial score (nSPS) is 20.3. The molecule has 0 saturated heterocycles. The maximum Gasteiger partial charge on any atom is 0.241 e. The summed E-state index contributed by atoms with van der Waals surface area (Å²) in [5.74, 6) is 0.656. The minimum absolute atomic E-state index is 0.388. The lowest BCUT2D eigenvalue weighted by Crippen LogP contribution is -2.30. The van der Waals surface area contributed by atoms with Crippen LogP contribution in [0.1, 0.15) is 25.7 Å². The van der Waals surface area contributed by atoms with Crippen molar-refractivity contribution in [2.45, 2.75) is 37.8 Å². The molecule has 0 bridgehead atoms. The van der Waals surface area contributed by atoms with Gasteiger partial charge in [-0.3, -0.25) is 0 Å². The molecule has 4 heterocycles. The molecular weight excluding hydrogens is 342 g/mol. The second kappa shape index (κ2) is 6.62. The molecule has 1 N–H and O–H groups in total. The molecule has 27 heavy (non-hydrogen) atoms. The van der Waals surface area contributed by atoms with Crippen molar-refractivity contribution in [3.8, 4) is 11.3 Å². The van der Waals surface area contributed by atoms with Gasteiger partial charge in [0, 0.05) is 37.3 Å². The van der Waals surface area contributed by atoms with Gasteiger partial charge in [0.25, 0.3) is 0 Å². The highest BCUT2D eigenvalue weighted by Gasteiger charge is 2.21. The predicted octanol–water partition coefficient (Wildman–Crippen LogP) is 2.81. The van der Waals surface area contributed by atoms with Crippen LogP contribution in [-0.2, 0) is 4.74 Å². The molecule has 0 spiro atoms. The van der Waals surface area contributed by atoms with Gasteiger partial charge < -0.3 is 10.1 Å². The number of nitrogens with zero attached hydrogens (tertiary/aromatic N) is 6. The van der Waals surface area contributed by atoms with Gasteiger partial charge in [0.05, 0.1) is 23.5 Å². The number of aromatic nitrogens is 6. The molecule has 0 aliphatic heterocycles. The van der Waals surface area contributed by atoms with E-state index in [0.717, 1.165) is 48.1 Å². The summed E-state index contributed by atoms with van der Waals surface area (Å²) in [7, 11) is 1.79. The summed E-state index contributed by atoms with van der Waals surface area (Å²) in [6, 6.07) is 6.34. The fourth-order valence-corrected chi connectivity index (χ4v) is 3.77. The monoisotopic (exact) mass is 363 g/mol. The summed E-state index contributed by atoms with van der Waals surface area (Å²) < 4.78 is 9.06. The van der Waals surface area contributed by atoms with Crippen LogP contribution in [-0.4, -0.2) is 48.5 Å². The minimum Gasteiger partial charge on any atom is -0.381 e. The largest absolute Gasteiger partial charge is 0.381 e. The maximum absolute atomic E-state index is 5.44. The molecular formula is C19H21N7O. The first-order valence-electron chi connectivity index (χ1n) is 9.24. The molecule has 4 aromatic rings. The summed E-state index contributed by atoms with van der Waals surface area (Å²) in [6.45, 7) is 0. The lowest BCUT2D eigenvalue weighted by molar-refractivity contribution is 0.0681. The molecule has 1 fully saturated rings. The Morgan fingerprint density at radius 2 is 1.89 bits per heavy atom. The SMILES string of the molecule is CO[C@H]1CC[C@@H](Nc2ncc3c(-c4ccc5nccn5n4)ccn3n2)CC1. The summed E-state index contributed by atoms with van der Waals surface area (Å²) >= 11 is 0. The Hall–Kier alpha value is -3.00. The Morgan fingerprint density at radius 3 is 2.74 bits per heavy atom. The number of imidazole rings is 1. The second-order valence-electron chi connectivity index (χ2n) is 6.94. The molecule has 0 unspecified atom stereocenters. The van der Waals surface area contributed by atoms with Crippen molar-refractivity contribution in [1.29, 1.82) is 0 Å². The Bertz CT molecular complexity index is 1080. The van der Waals surface area contributed by atoms with E-state index in [9.17, 15) is 0 Å². The van der Waals surface area contributed by atoms with Gasteiger partial charge >= 0.3 is 0 Å². The van der Waals surface area contributed by atoms with E-state index in [1.807, 2.05) is 41.3 Å². The van der Waals surface area contributed by atoms with E-state index in [0.29, 0.717) is 18.1 Å². The van der Waals surface area contributed by atoms with Gasteiger partial charge in [0.2, 0.25) is 5.95 Å². The van der Waals surface area contributed by atoms with Crippen LogP contribution in [0.3, 0.4) is 0 Å². The van der Waals surface area contributed by atoms with Crippen molar-refractivity contribution in [2.24, 2.45) is 0 Å². The molecule has 4 aromatic heterocycles. The van der Waals surface area contributed by atoms with E-state index in [1.54, 1.807) is 17.8 Å². The summed E-state index contributed by atoms with van der Waals surface area (Å²) in [4.78, 5) is 8.76. The van der Waals surface area contributed by atoms with Gasteiger partial charge in [-0.25, -0.2) is 19.0 Å². The Balaban J connectivity index is 1.39. The molecule has 0 amide bonds. The van der Waals surface area contributed by atoms with E-state index in [1.165, 1.54) is 0 Å². The van der Waals surface area contributed by atoms with Crippen molar-refractivity contribution < 1.29 is 4.74 Å². The van der Waals surface area contributed by atoms with Crippen LogP contribution in [0.2, 0.25) is 0 Å². The van der Waals surface area contributed by atoms with Crippen molar-refractivity contribution in [1.82, 2.24) is 29.2 Å². The van der Waals surface area contributed by atoms with Gasteiger partial charge in [0.15, 0.2) is 5.65 Å². The smallest absolute Gasteiger partial charge is 0.241 e. The van der Waals surface area contributed by atoms with Gasteiger partial charge in [0.1, 0.15) is 0 Å². The zero-order valence-electron chi connectivity index (χ0n) is 15.1. The van der Waals surface area contributed by atoms with Crippen LogP contribution >= 0.6 is 0 Å². The average molecular weight is 363 g/mol. The Morgan fingerprint density at radius 1 is 1.00 bits per heavy atom. The van der Waals surface area contributed by atoms with Crippen molar-refractivity contribution >= 4 is 17.1 Å². The number of methoxy groups -OCH3 is 1. The average Bonchev–Trinajstić information content (AvgIpc) is 3.34. The van der Waals surface area contributed by atoms with Crippen LogP contribution < -0.4 is 5.32 Å². The standard InChI is InChI=1S/C19H21N7O/c1-27-14-4-2-13(3-5-14)22-19-21-12-17-15(8-10-25(17)24-19)16-6-7-18-20-9-11-26(18)23-16/h6-14H,2-5H2,1H3,(H,22,24)/t13-,14+. The first-order chi connectivity index (χ1) is 13.3. The summed E-state index contributed by atoms with van der Waals surface area (Å²) in [6.07, 6.45) is 12.1. The lowest BCUT2D eigenvalue weighted by atomic mass is 9.93. The molecule has 0 aromatic carbocycles. The molecule has 0 atom stereocenters. The number of anilines is 1. The lowest BCUT2D eigenvalue weighted by Gasteiger charge is -2.28. The summed E-state index contributed by atoms with van der Waals surface area (Å²) in [5.41, 5.74) is 3.62. The van der Waals surface area contributed by atoms with E-state index < -0.39 is 0 Å². The van der Waals surface area contributed by atoms with E-state index >= 15 is 0 Å². The van der Waals surface area contributed by atoms with Gasteiger partial charge in [-0.1, -0.05) is 0 Å². The number of nitrogens with one attached hydrogen (secondary N) is 1. The third kappa shape index (κ3) is 3.02. The van der Waals surface area contributed by atoms with Crippen LogP contribution in [0.15, 0.2) is 43.0 Å². The fraction of sp³-hybridized carbons (Fsp3) is 0.368. The molecule has 1 aliphatic carbocycles. The molecule has 8 heteroatoms. The molecule has 8 nitrogen and oxygen atoms in total. The Labute approximate surface area is 156 Å². The highest BCUT2D eigenvalue weighted by Crippen LogP contribution is 2.25. The Kier molecular flexibility index (Phi) is 3.97. The van der Waals surface area contributed by atoms with Crippen molar-refractivity contribution in [2.75, 3.05) is 12.4 Å². The third-order valence-corrected chi connectivity index (χ3v) is 5.29. The van der Waals surface area contributed by atoms with Gasteiger partial charge in [-0.05, 0) is 43.9 Å². The molecule has 0 radical (unpaired) electrons. The van der Waals surface area contributed by atoms with E-state index in [2.05, 4.69) is 25.5 Å². The molecule has 5 rings (SSSR count). The van der Waals surface area contributed by atoms with Gasteiger partial charge in [-0.15, -0.1) is 5.10 Å². The minimum atomic E-state index is 0.388. The zero-order valence-corrected chi connectivity index (χ0v) is 15.1. The predicted molar refractivity (Wildman–Crippen MR) is 102 cm³/mol. The van der Waals surface area contributed by atoms with Crippen molar-refractivity contribution in [3.05, 3.63) is 43.0 Å². The second-order valence-corrected chi connectivity index (χ2v) is 6.94. The molecule has 138 valence electrons. The first kappa shape index (κ1) is 16.2. The van der Waals surface area contributed by atoms with Crippen LogP contribution in [0, 0.1) is 0 Å². The first-order valence-corrected chi connectivity index (χ1v) is 9.24. The van der Waals surface area contributed by atoms with Crippen molar-refractivity contribution in [3.63, 3.8) is 0 Å². The topological polar surface area (TPSA) is 81.6 Å². The summed E-state index contributed by atoms with van der Waals surface area (Å²) in [5, 5.41) is 12.7. The van der Waals surface area contributed by atoms with Gasteiger partial charge in [-0.2, -0.15) is 5.10 Å². The van der Waals surface area contributed by atoms with Crippen LogP contribution in [0.4, 0.5) is 5.95 Å². The van der Waals surface area contributed by atoms with Crippen LogP contribution in [0.5, 0.6) is 0 Å². The quantitative estimate of drug-likeness (QED) is 0.600. The number of ether oxygens (including phenoxy) is 1. The number of fused-ring (bicyclic) bond motifs is 2. The number of hydrogen-bond donors (Lipinski definition) is 1. The highest BCUT2D eigenvalue weighted by molar-refractivity contribution is 5.78.